The number of piperidine rings is 1. The van der Waals surface area contributed by atoms with Crippen LogP contribution in [0.4, 0.5) is 5.95 Å². The summed E-state index contributed by atoms with van der Waals surface area (Å²) in [5, 5.41) is 0. The van der Waals surface area contributed by atoms with E-state index in [-0.39, 0.29) is 17.4 Å². The van der Waals surface area contributed by atoms with Crippen LogP contribution >= 0.6 is 0 Å². The highest BCUT2D eigenvalue weighted by molar-refractivity contribution is 5.72. The number of nitrogens with zero attached hydrogens (tertiary/aromatic N) is 3. The summed E-state index contributed by atoms with van der Waals surface area (Å²) in [5.74, 6) is 0.449. The van der Waals surface area contributed by atoms with Gasteiger partial charge < -0.3 is 14.5 Å². The van der Waals surface area contributed by atoms with Crippen LogP contribution in [0, 0.1) is 5.92 Å². The van der Waals surface area contributed by atoms with Gasteiger partial charge in [0.1, 0.15) is 0 Å². The molecule has 0 unspecified atom stereocenters. The minimum atomic E-state index is -0.144. The monoisotopic (exact) mass is 306 g/mol. The molecule has 1 aromatic rings. The fourth-order valence-corrected chi connectivity index (χ4v) is 3.19. The Labute approximate surface area is 129 Å². The number of methoxy groups -OCH3 is 1. The van der Waals surface area contributed by atoms with E-state index < -0.39 is 0 Å². The third-order valence-corrected chi connectivity index (χ3v) is 4.58. The molecule has 2 aliphatic heterocycles. The van der Waals surface area contributed by atoms with Crippen molar-refractivity contribution in [3.8, 4) is 0 Å². The van der Waals surface area contributed by atoms with E-state index in [0.29, 0.717) is 25.6 Å². The van der Waals surface area contributed by atoms with Crippen molar-refractivity contribution >= 4 is 11.9 Å². The number of aromatic amines is 1. The van der Waals surface area contributed by atoms with Crippen molar-refractivity contribution in [1.82, 2.24) is 14.9 Å². The summed E-state index contributed by atoms with van der Waals surface area (Å²) in [6, 6.07) is 0. The summed E-state index contributed by atoms with van der Waals surface area (Å²) in [7, 11) is 3.43. The fraction of sp³-hybridized carbons (Fsp3) is 0.667. The lowest BCUT2D eigenvalue weighted by molar-refractivity contribution is -0.146. The number of anilines is 1. The molecule has 2 aliphatic rings. The Kier molecular flexibility index (Phi) is 4.15. The minimum absolute atomic E-state index is 0.0401. The Balaban J connectivity index is 1.76. The molecule has 0 saturated carbocycles. The number of rotatable bonds is 2. The summed E-state index contributed by atoms with van der Waals surface area (Å²) < 4.78 is 4.80. The number of esters is 1. The summed E-state index contributed by atoms with van der Waals surface area (Å²) in [5.41, 5.74) is 1.65. The smallest absolute Gasteiger partial charge is 0.308 e. The average molecular weight is 306 g/mol. The van der Waals surface area contributed by atoms with Crippen LogP contribution in [-0.4, -0.2) is 54.6 Å². The van der Waals surface area contributed by atoms with E-state index in [1.165, 1.54) is 7.11 Å². The molecule has 7 heteroatoms. The van der Waals surface area contributed by atoms with Crippen LogP contribution < -0.4 is 10.5 Å². The van der Waals surface area contributed by atoms with Gasteiger partial charge in [-0.25, -0.2) is 4.98 Å². The third-order valence-electron chi connectivity index (χ3n) is 4.58. The standard InChI is InChI=1S/C15H22N4O3/c1-18-6-5-12-11(9-18)13(20)17-15(16-12)19-7-3-10(4-8-19)14(21)22-2/h10H,3-9H2,1-2H3,(H,16,17,20). The molecule has 1 saturated heterocycles. The predicted molar refractivity (Wildman–Crippen MR) is 81.8 cm³/mol. The zero-order valence-corrected chi connectivity index (χ0v) is 13.1. The first-order valence-corrected chi connectivity index (χ1v) is 7.72. The van der Waals surface area contributed by atoms with Gasteiger partial charge in [-0.1, -0.05) is 0 Å². The maximum absolute atomic E-state index is 12.3. The number of fused-ring (bicyclic) bond motifs is 1. The lowest BCUT2D eigenvalue weighted by Gasteiger charge is -2.32. The summed E-state index contributed by atoms with van der Waals surface area (Å²) in [6.07, 6.45) is 2.27. The van der Waals surface area contributed by atoms with Crippen molar-refractivity contribution < 1.29 is 9.53 Å². The van der Waals surface area contributed by atoms with Crippen LogP contribution in [0.2, 0.25) is 0 Å². The maximum atomic E-state index is 12.3. The van der Waals surface area contributed by atoms with Gasteiger partial charge in [0.15, 0.2) is 0 Å². The molecule has 120 valence electrons. The lowest BCUT2D eigenvalue weighted by atomic mass is 9.97. The molecule has 1 aromatic heterocycles. The molecule has 7 nitrogen and oxygen atoms in total. The predicted octanol–water partition coefficient (Wildman–Crippen LogP) is 0.147. The van der Waals surface area contributed by atoms with Gasteiger partial charge in [0.05, 0.1) is 24.3 Å². The van der Waals surface area contributed by atoms with Crippen molar-refractivity contribution in [1.29, 1.82) is 0 Å². The van der Waals surface area contributed by atoms with E-state index in [1.807, 2.05) is 7.05 Å². The van der Waals surface area contributed by atoms with Gasteiger partial charge >= 0.3 is 5.97 Å². The molecule has 22 heavy (non-hydrogen) atoms. The van der Waals surface area contributed by atoms with E-state index in [2.05, 4.69) is 19.8 Å². The number of likely N-dealkylation sites (N-methyl/N-ethyl adjacent to an activating group) is 1. The Morgan fingerprint density at radius 2 is 2.05 bits per heavy atom. The Morgan fingerprint density at radius 3 is 2.73 bits per heavy atom. The number of hydrogen-bond donors (Lipinski definition) is 1. The van der Waals surface area contributed by atoms with E-state index in [1.54, 1.807) is 0 Å². The van der Waals surface area contributed by atoms with Crippen molar-refractivity contribution in [3.63, 3.8) is 0 Å². The Morgan fingerprint density at radius 1 is 1.32 bits per heavy atom. The topological polar surface area (TPSA) is 78.5 Å². The van der Waals surface area contributed by atoms with E-state index in [4.69, 9.17) is 4.74 Å². The highest BCUT2D eigenvalue weighted by atomic mass is 16.5. The number of carbonyl (C=O) groups is 1. The molecule has 3 heterocycles. The van der Waals surface area contributed by atoms with Gasteiger partial charge in [-0.3, -0.25) is 14.6 Å². The first-order valence-electron chi connectivity index (χ1n) is 7.72. The molecule has 0 atom stereocenters. The first kappa shape index (κ1) is 15.0. The second-order valence-corrected chi connectivity index (χ2v) is 6.09. The number of carbonyl (C=O) groups excluding carboxylic acids is 1. The lowest BCUT2D eigenvalue weighted by Crippen LogP contribution is -2.40. The zero-order valence-electron chi connectivity index (χ0n) is 13.1. The first-order chi connectivity index (χ1) is 10.6. The maximum Gasteiger partial charge on any atom is 0.308 e. The number of hydrogen-bond acceptors (Lipinski definition) is 6. The van der Waals surface area contributed by atoms with Crippen molar-refractivity contribution in [2.45, 2.75) is 25.8 Å². The quantitative estimate of drug-likeness (QED) is 0.784. The molecule has 0 bridgehead atoms. The average Bonchev–Trinajstić information content (AvgIpc) is 2.55. The SMILES string of the molecule is COC(=O)C1CCN(c2nc3c(c(=O)[nH]2)CN(C)CC3)CC1. The largest absolute Gasteiger partial charge is 0.469 e. The molecule has 0 amide bonds. The second-order valence-electron chi connectivity index (χ2n) is 6.09. The van der Waals surface area contributed by atoms with E-state index >= 15 is 0 Å². The molecule has 1 fully saturated rings. The number of nitrogens with one attached hydrogen (secondary N) is 1. The summed E-state index contributed by atoms with van der Waals surface area (Å²) >= 11 is 0. The fourth-order valence-electron chi connectivity index (χ4n) is 3.19. The van der Waals surface area contributed by atoms with Gasteiger partial charge in [-0.2, -0.15) is 0 Å². The number of ether oxygens (including phenoxy) is 1. The van der Waals surface area contributed by atoms with Crippen molar-refractivity contribution in [2.75, 3.05) is 38.7 Å². The van der Waals surface area contributed by atoms with Crippen LogP contribution in [0.3, 0.4) is 0 Å². The van der Waals surface area contributed by atoms with Crippen LogP contribution in [-0.2, 0) is 22.5 Å². The Bertz CT molecular complexity index is 620. The third kappa shape index (κ3) is 2.85. The minimum Gasteiger partial charge on any atom is -0.469 e. The van der Waals surface area contributed by atoms with Crippen LogP contribution in [0.1, 0.15) is 24.1 Å². The van der Waals surface area contributed by atoms with Gasteiger partial charge in [0, 0.05) is 32.6 Å². The normalized spacial score (nSPS) is 19.8. The molecule has 3 rings (SSSR count). The highest BCUT2D eigenvalue weighted by Crippen LogP contribution is 2.22. The molecular formula is C15H22N4O3. The van der Waals surface area contributed by atoms with Crippen molar-refractivity contribution in [3.05, 3.63) is 21.6 Å². The van der Waals surface area contributed by atoms with Crippen LogP contribution in [0.5, 0.6) is 0 Å². The summed E-state index contributed by atoms with van der Waals surface area (Å²) in [6.45, 7) is 3.00. The van der Waals surface area contributed by atoms with Gasteiger partial charge in [0.25, 0.3) is 5.56 Å². The Hall–Kier alpha value is -1.89. The zero-order chi connectivity index (χ0) is 15.7. The van der Waals surface area contributed by atoms with Crippen molar-refractivity contribution in [2.24, 2.45) is 5.92 Å². The van der Waals surface area contributed by atoms with Crippen LogP contribution in [0.25, 0.3) is 0 Å². The second kappa shape index (κ2) is 6.08. The van der Waals surface area contributed by atoms with E-state index in [9.17, 15) is 9.59 Å². The van der Waals surface area contributed by atoms with Gasteiger partial charge in [-0.05, 0) is 19.9 Å². The number of aromatic nitrogens is 2. The molecule has 0 aromatic carbocycles. The molecule has 0 radical (unpaired) electrons. The van der Waals surface area contributed by atoms with Gasteiger partial charge in [0.2, 0.25) is 5.95 Å². The molecule has 0 spiro atoms. The molecule has 0 aliphatic carbocycles. The summed E-state index contributed by atoms with van der Waals surface area (Å²) in [4.78, 5) is 35.6. The van der Waals surface area contributed by atoms with Gasteiger partial charge in [-0.15, -0.1) is 0 Å². The number of H-pyrrole nitrogens is 1. The molecular weight excluding hydrogens is 284 g/mol. The van der Waals surface area contributed by atoms with Crippen LogP contribution in [0.15, 0.2) is 4.79 Å². The van der Waals surface area contributed by atoms with E-state index in [0.717, 1.165) is 37.1 Å². The highest BCUT2D eigenvalue weighted by Gasteiger charge is 2.27. The molecule has 1 N–H and O–H groups in total.